The highest BCUT2D eigenvalue weighted by Crippen LogP contribution is 2.30. The minimum absolute atomic E-state index is 0.0393. The molecule has 8 nitrogen and oxygen atoms in total. The van der Waals surface area contributed by atoms with Crippen LogP contribution in [0.4, 0.5) is 21.9 Å². The van der Waals surface area contributed by atoms with E-state index in [1.807, 2.05) is 18.2 Å². The van der Waals surface area contributed by atoms with Crippen molar-refractivity contribution in [3.63, 3.8) is 0 Å². The zero-order valence-electron chi connectivity index (χ0n) is 22.6. The number of piperidine rings is 1. The van der Waals surface area contributed by atoms with E-state index in [-0.39, 0.29) is 12.0 Å². The third-order valence-corrected chi connectivity index (χ3v) is 7.59. The lowest BCUT2D eigenvalue weighted by molar-refractivity contribution is 0.0858. The Balaban J connectivity index is 1.28. The molecule has 2 heterocycles. The number of hydrogen-bond donors (Lipinski definition) is 3. The van der Waals surface area contributed by atoms with Crippen LogP contribution in [0, 0.1) is 17.2 Å². The lowest BCUT2D eigenvalue weighted by Gasteiger charge is -2.35. The van der Waals surface area contributed by atoms with E-state index in [1.54, 1.807) is 30.3 Å². The molecule has 206 valence electrons. The lowest BCUT2D eigenvalue weighted by atomic mass is 9.89. The van der Waals surface area contributed by atoms with E-state index in [1.165, 1.54) is 5.56 Å². The van der Waals surface area contributed by atoms with E-state index < -0.39 is 6.03 Å². The fourth-order valence-corrected chi connectivity index (χ4v) is 5.46. The fraction of sp³-hybridized carbons (Fsp3) is 0.344. The van der Waals surface area contributed by atoms with Crippen LogP contribution >= 0.6 is 0 Å². The second-order valence-corrected chi connectivity index (χ2v) is 10.5. The maximum Gasteiger partial charge on any atom is 0.323 e. The van der Waals surface area contributed by atoms with Crippen molar-refractivity contribution >= 4 is 29.0 Å². The van der Waals surface area contributed by atoms with Crippen LogP contribution in [0.1, 0.15) is 47.2 Å². The molecule has 8 heteroatoms. The molecule has 5 rings (SSSR count). The van der Waals surface area contributed by atoms with Crippen molar-refractivity contribution < 1.29 is 14.3 Å². The molecule has 2 fully saturated rings. The van der Waals surface area contributed by atoms with Gasteiger partial charge in [0.05, 0.1) is 23.3 Å². The Kier molecular flexibility index (Phi) is 8.94. The summed E-state index contributed by atoms with van der Waals surface area (Å²) >= 11 is 0. The van der Waals surface area contributed by atoms with E-state index >= 15 is 0 Å². The molecule has 40 heavy (non-hydrogen) atoms. The molecule has 0 aliphatic carbocycles. The van der Waals surface area contributed by atoms with Crippen molar-refractivity contribution in [2.75, 3.05) is 41.8 Å². The summed E-state index contributed by atoms with van der Waals surface area (Å²) in [5, 5.41) is 17.7. The molecule has 1 unspecified atom stereocenters. The van der Waals surface area contributed by atoms with Crippen molar-refractivity contribution in [2.45, 2.75) is 38.2 Å². The summed E-state index contributed by atoms with van der Waals surface area (Å²) in [6, 6.07) is 24.4. The number of nitriles is 1. The predicted molar refractivity (Wildman–Crippen MR) is 157 cm³/mol. The van der Waals surface area contributed by atoms with Crippen molar-refractivity contribution in [3.05, 3.63) is 89.5 Å². The molecule has 2 aliphatic rings. The summed E-state index contributed by atoms with van der Waals surface area (Å²) in [4.78, 5) is 28.4. The Hall–Kier alpha value is -4.35. The van der Waals surface area contributed by atoms with E-state index in [4.69, 9.17) is 10.00 Å². The van der Waals surface area contributed by atoms with Crippen molar-refractivity contribution in [3.8, 4) is 6.07 Å². The van der Waals surface area contributed by atoms with Gasteiger partial charge in [-0.1, -0.05) is 36.4 Å². The van der Waals surface area contributed by atoms with Crippen molar-refractivity contribution in [2.24, 2.45) is 5.92 Å². The molecule has 0 aromatic heterocycles. The first-order chi connectivity index (χ1) is 19.6. The van der Waals surface area contributed by atoms with E-state index in [0.29, 0.717) is 35.0 Å². The SMILES string of the molecule is N#Cc1cccc(NC(=O)Nc2ccc(N3CCC(Cc4ccccc4)CC3)c(C(=O)NCC3CCCO3)c2)c1. The topological polar surface area (TPSA) is 106 Å². The molecule has 2 saturated heterocycles. The first-order valence-corrected chi connectivity index (χ1v) is 14.0. The Labute approximate surface area is 235 Å². The first kappa shape index (κ1) is 27.2. The minimum Gasteiger partial charge on any atom is -0.376 e. The number of benzene rings is 3. The minimum atomic E-state index is -0.449. The molecular formula is C32H35N5O3. The van der Waals surface area contributed by atoms with Gasteiger partial charge in [0.2, 0.25) is 0 Å². The summed E-state index contributed by atoms with van der Waals surface area (Å²) in [6.45, 7) is 2.93. The molecule has 1 atom stereocenters. The second-order valence-electron chi connectivity index (χ2n) is 10.5. The van der Waals surface area contributed by atoms with Crippen LogP contribution in [0.15, 0.2) is 72.8 Å². The predicted octanol–water partition coefficient (Wildman–Crippen LogP) is 5.57. The molecule has 3 amide bonds. The maximum atomic E-state index is 13.4. The lowest BCUT2D eigenvalue weighted by Crippen LogP contribution is -2.37. The van der Waals surface area contributed by atoms with Gasteiger partial charge in [0.25, 0.3) is 5.91 Å². The van der Waals surface area contributed by atoms with Gasteiger partial charge in [0.1, 0.15) is 0 Å². The number of carbonyl (C=O) groups is 2. The molecule has 0 radical (unpaired) electrons. The highest BCUT2D eigenvalue weighted by atomic mass is 16.5. The second kappa shape index (κ2) is 13.1. The summed E-state index contributed by atoms with van der Waals surface area (Å²) < 4.78 is 5.69. The van der Waals surface area contributed by atoms with Crippen LogP contribution in [0.3, 0.4) is 0 Å². The summed E-state index contributed by atoms with van der Waals surface area (Å²) in [6.07, 6.45) is 5.16. The van der Waals surface area contributed by atoms with E-state index in [0.717, 1.165) is 57.5 Å². The van der Waals surface area contributed by atoms with Crippen molar-refractivity contribution in [1.29, 1.82) is 5.26 Å². The van der Waals surface area contributed by atoms with Crippen molar-refractivity contribution in [1.82, 2.24) is 5.32 Å². The van der Waals surface area contributed by atoms with Gasteiger partial charge in [-0.3, -0.25) is 4.79 Å². The van der Waals surface area contributed by atoms with Crippen LogP contribution in [0.5, 0.6) is 0 Å². The van der Waals surface area contributed by atoms with Crippen LogP contribution in [0.2, 0.25) is 0 Å². The Bertz CT molecular complexity index is 1360. The zero-order chi connectivity index (χ0) is 27.7. The van der Waals surface area contributed by atoms with E-state index in [9.17, 15) is 9.59 Å². The fourth-order valence-electron chi connectivity index (χ4n) is 5.46. The number of ether oxygens (including phenoxy) is 1. The Morgan fingerprint density at radius 2 is 1.70 bits per heavy atom. The number of urea groups is 1. The van der Waals surface area contributed by atoms with Gasteiger partial charge >= 0.3 is 6.03 Å². The number of rotatable bonds is 8. The summed E-state index contributed by atoms with van der Waals surface area (Å²) in [7, 11) is 0. The number of nitrogens with one attached hydrogen (secondary N) is 3. The monoisotopic (exact) mass is 537 g/mol. The third-order valence-electron chi connectivity index (χ3n) is 7.59. The normalized spacial score (nSPS) is 17.2. The van der Waals surface area contributed by atoms with Crippen LogP contribution < -0.4 is 20.9 Å². The average molecular weight is 538 g/mol. The zero-order valence-corrected chi connectivity index (χ0v) is 22.6. The van der Waals surface area contributed by atoms with Gasteiger partial charge in [-0.2, -0.15) is 5.26 Å². The number of amides is 3. The van der Waals surface area contributed by atoms with Gasteiger partial charge < -0.3 is 25.6 Å². The molecular weight excluding hydrogens is 502 g/mol. The third kappa shape index (κ3) is 7.19. The van der Waals surface area contributed by atoms with Crippen LogP contribution in [-0.2, 0) is 11.2 Å². The van der Waals surface area contributed by atoms with Gasteiger partial charge in [0.15, 0.2) is 0 Å². The first-order valence-electron chi connectivity index (χ1n) is 14.0. The van der Waals surface area contributed by atoms with Gasteiger partial charge in [-0.15, -0.1) is 0 Å². The number of nitrogens with zero attached hydrogens (tertiary/aromatic N) is 2. The molecule has 0 saturated carbocycles. The highest BCUT2D eigenvalue weighted by molar-refractivity contribution is 6.04. The Morgan fingerprint density at radius 1 is 0.925 bits per heavy atom. The summed E-state index contributed by atoms with van der Waals surface area (Å²) in [5.74, 6) is 0.433. The largest absolute Gasteiger partial charge is 0.376 e. The highest BCUT2D eigenvalue weighted by Gasteiger charge is 2.25. The summed E-state index contributed by atoms with van der Waals surface area (Å²) in [5.41, 5.74) is 4.25. The van der Waals surface area contributed by atoms with Crippen LogP contribution in [-0.4, -0.2) is 44.3 Å². The number of anilines is 3. The van der Waals surface area contributed by atoms with E-state index in [2.05, 4.69) is 51.2 Å². The van der Waals surface area contributed by atoms with Gasteiger partial charge in [-0.05, 0) is 80.0 Å². The molecule has 3 aromatic rings. The molecule has 2 aliphatic heterocycles. The van der Waals surface area contributed by atoms with Gasteiger partial charge in [0, 0.05) is 43.3 Å². The molecule has 3 N–H and O–H groups in total. The number of hydrogen-bond acceptors (Lipinski definition) is 5. The molecule has 0 bridgehead atoms. The molecule has 3 aromatic carbocycles. The van der Waals surface area contributed by atoms with Crippen LogP contribution in [0.25, 0.3) is 0 Å². The smallest absolute Gasteiger partial charge is 0.323 e. The standard InChI is InChI=1S/C32H35N5O3/c33-21-25-8-4-9-26(19-25)35-32(39)36-27-11-12-30(29(20-27)31(38)34-22-28-10-5-17-40-28)37-15-13-24(14-16-37)18-23-6-2-1-3-7-23/h1-4,6-9,11-12,19-20,24,28H,5,10,13-18,22H2,(H,34,38)(H2,35,36,39). The average Bonchev–Trinajstić information content (AvgIpc) is 3.51. The van der Waals surface area contributed by atoms with Gasteiger partial charge in [-0.25, -0.2) is 4.79 Å². The number of carbonyl (C=O) groups excluding carboxylic acids is 2. The molecule has 0 spiro atoms. The quantitative estimate of drug-likeness (QED) is 0.348. The Morgan fingerprint density at radius 3 is 2.42 bits per heavy atom. The maximum absolute atomic E-state index is 13.4.